The molecule has 8 heteroatoms. The van der Waals surface area contributed by atoms with Crippen LogP contribution in [0.3, 0.4) is 0 Å². The third-order valence-electron chi connectivity index (χ3n) is 3.06. The molecule has 0 bridgehead atoms. The first kappa shape index (κ1) is 13.4. The number of thiophene rings is 1. The summed E-state index contributed by atoms with van der Waals surface area (Å²) in [7, 11) is 0. The summed E-state index contributed by atoms with van der Waals surface area (Å²) in [4.78, 5) is 23.4. The number of carboxylic acid groups (broad SMARTS) is 1. The van der Waals surface area contributed by atoms with E-state index in [9.17, 15) is 14.7 Å². The molecule has 7 nitrogen and oxygen atoms in total. The predicted octanol–water partition coefficient (Wildman–Crippen LogP) is 1.81. The minimum absolute atomic E-state index is 0.0941. The van der Waals surface area contributed by atoms with Gasteiger partial charge in [-0.1, -0.05) is 5.16 Å². The normalized spacial score (nSPS) is 11.1. The monoisotopic (exact) mass is 306 g/mol. The van der Waals surface area contributed by atoms with Crippen LogP contribution in [0.4, 0.5) is 0 Å². The van der Waals surface area contributed by atoms with Crippen molar-refractivity contribution in [1.82, 2.24) is 9.72 Å². The van der Waals surface area contributed by atoms with Crippen molar-refractivity contribution in [1.29, 1.82) is 0 Å². The third-order valence-corrected chi connectivity index (χ3v) is 3.98. The average molecular weight is 306 g/mol. The fourth-order valence-corrected chi connectivity index (χ4v) is 3.10. The van der Waals surface area contributed by atoms with E-state index in [0.29, 0.717) is 21.7 Å². The van der Waals surface area contributed by atoms with Gasteiger partial charge in [0, 0.05) is 6.07 Å². The maximum Gasteiger partial charge on any atom is 0.341 e. The molecule has 21 heavy (non-hydrogen) atoms. The molecule has 0 saturated heterocycles. The van der Waals surface area contributed by atoms with Crippen molar-refractivity contribution in [3.63, 3.8) is 0 Å². The lowest BCUT2D eigenvalue weighted by Gasteiger charge is -2.09. The number of carbonyl (C=O) groups is 1. The zero-order valence-electron chi connectivity index (χ0n) is 10.9. The highest BCUT2D eigenvalue weighted by Crippen LogP contribution is 2.29. The molecule has 0 amide bonds. The van der Waals surface area contributed by atoms with E-state index < -0.39 is 17.3 Å². The van der Waals surface area contributed by atoms with Crippen molar-refractivity contribution in [2.24, 2.45) is 0 Å². The van der Waals surface area contributed by atoms with Crippen LogP contribution in [0.15, 0.2) is 26.8 Å². The van der Waals surface area contributed by atoms with Crippen molar-refractivity contribution in [2.45, 2.75) is 13.5 Å². The molecule has 3 rings (SSSR count). The van der Waals surface area contributed by atoms with E-state index in [4.69, 9.17) is 9.63 Å². The summed E-state index contributed by atoms with van der Waals surface area (Å²) in [6, 6.07) is 3.31. The molecule has 3 heterocycles. The van der Waals surface area contributed by atoms with Gasteiger partial charge in [-0.25, -0.2) is 4.79 Å². The van der Waals surface area contributed by atoms with Gasteiger partial charge in [-0.15, -0.1) is 11.3 Å². The van der Waals surface area contributed by atoms with Gasteiger partial charge in [0.25, 0.3) is 5.56 Å². The number of pyridine rings is 1. The highest BCUT2D eigenvalue weighted by Gasteiger charge is 2.22. The van der Waals surface area contributed by atoms with E-state index in [2.05, 4.69) is 5.16 Å². The first-order valence-electron chi connectivity index (χ1n) is 5.97. The van der Waals surface area contributed by atoms with Crippen molar-refractivity contribution in [3.05, 3.63) is 44.9 Å². The molecular weight excluding hydrogens is 296 g/mol. The molecule has 0 aliphatic rings. The van der Waals surface area contributed by atoms with Crippen LogP contribution >= 0.6 is 11.3 Å². The van der Waals surface area contributed by atoms with Gasteiger partial charge in [0.1, 0.15) is 17.0 Å². The van der Waals surface area contributed by atoms with Crippen LogP contribution in [0.2, 0.25) is 0 Å². The lowest BCUT2D eigenvalue weighted by molar-refractivity contribution is 0.0695. The fourth-order valence-electron chi connectivity index (χ4n) is 2.16. The van der Waals surface area contributed by atoms with Crippen LogP contribution < -0.4 is 5.56 Å². The summed E-state index contributed by atoms with van der Waals surface area (Å²) in [5.41, 5.74) is -0.165. The molecule has 3 aromatic heterocycles. The zero-order chi connectivity index (χ0) is 15.1. The molecule has 0 fully saturated rings. The highest BCUT2D eigenvalue weighted by atomic mass is 32.1. The van der Waals surface area contributed by atoms with Crippen molar-refractivity contribution in [3.8, 4) is 5.75 Å². The Morgan fingerprint density at radius 1 is 1.52 bits per heavy atom. The summed E-state index contributed by atoms with van der Waals surface area (Å²) in [5.74, 6) is -1.50. The van der Waals surface area contributed by atoms with E-state index in [1.807, 2.05) is 0 Å². The molecule has 0 atom stereocenters. The number of aromatic hydroxyl groups is 1. The number of fused-ring (bicyclic) bond motifs is 1. The van der Waals surface area contributed by atoms with Gasteiger partial charge in [-0.3, -0.25) is 9.36 Å². The Bertz CT molecular complexity index is 905. The van der Waals surface area contributed by atoms with Crippen LogP contribution in [0.5, 0.6) is 5.75 Å². The van der Waals surface area contributed by atoms with Gasteiger partial charge in [-0.05, 0) is 18.4 Å². The van der Waals surface area contributed by atoms with Gasteiger partial charge in [-0.2, -0.15) is 0 Å². The summed E-state index contributed by atoms with van der Waals surface area (Å²) in [6.07, 6.45) is 0. The van der Waals surface area contributed by atoms with Crippen molar-refractivity contribution < 1.29 is 19.5 Å². The van der Waals surface area contributed by atoms with Crippen LogP contribution in [-0.4, -0.2) is 25.9 Å². The van der Waals surface area contributed by atoms with Crippen molar-refractivity contribution in [2.75, 3.05) is 0 Å². The average Bonchev–Trinajstić information content (AvgIpc) is 3.03. The molecule has 108 valence electrons. The molecule has 3 aromatic rings. The van der Waals surface area contributed by atoms with E-state index in [-0.39, 0.29) is 12.1 Å². The highest BCUT2D eigenvalue weighted by molar-refractivity contribution is 7.17. The number of aromatic nitrogens is 2. The lowest BCUT2D eigenvalue weighted by Crippen LogP contribution is -2.23. The topological polar surface area (TPSA) is 106 Å². The fraction of sp³-hybridized carbons (Fsp3) is 0.154. The van der Waals surface area contributed by atoms with Gasteiger partial charge >= 0.3 is 5.97 Å². The molecule has 0 saturated carbocycles. The molecule has 0 aliphatic heterocycles. The Morgan fingerprint density at radius 3 is 2.90 bits per heavy atom. The largest absolute Gasteiger partial charge is 0.502 e. The molecule has 0 spiro atoms. The molecule has 0 radical (unpaired) electrons. The third kappa shape index (κ3) is 2.09. The predicted molar refractivity (Wildman–Crippen MR) is 75.1 cm³/mol. The van der Waals surface area contributed by atoms with Crippen LogP contribution in [-0.2, 0) is 6.54 Å². The van der Waals surface area contributed by atoms with Crippen LogP contribution in [0, 0.1) is 6.92 Å². The number of carboxylic acids is 1. The second-order valence-corrected chi connectivity index (χ2v) is 5.40. The Morgan fingerprint density at radius 2 is 2.29 bits per heavy atom. The van der Waals surface area contributed by atoms with E-state index in [0.717, 1.165) is 11.3 Å². The quantitative estimate of drug-likeness (QED) is 0.764. The second-order valence-electron chi connectivity index (χ2n) is 4.48. The van der Waals surface area contributed by atoms with E-state index in [1.165, 1.54) is 4.57 Å². The van der Waals surface area contributed by atoms with Gasteiger partial charge in [0.2, 0.25) is 0 Å². The van der Waals surface area contributed by atoms with Gasteiger partial charge in [0.05, 0.1) is 16.8 Å². The Kier molecular flexibility index (Phi) is 3.02. The van der Waals surface area contributed by atoms with E-state index in [1.54, 1.807) is 24.4 Å². The molecule has 2 N–H and O–H groups in total. The smallest absolute Gasteiger partial charge is 0.341 e. The number of aryl methyl sites for hydroxylation is 1. The Balaban J connectivity index is 2.26. The second kappa shape index (κ2) is 4.74. The first-order chi connectivity index (χ1) is 9.99. The SMILES string of the molecule is Cc1cc(Cn2c(=O)c(O)c(C(=O)O)c3sccc32)no1. The Hall–Kier alpha value is -2.61. The summed E-state index contributed by atoms with van der Waals surface area (Å²) in [5, 5.41) is 24.5. The molecule has 0 aliphatic carbocycles. The van der Waals surface area contributed by atoms with E-state index >= 15 is 0 Å². The van der Waals surface area contributed by atoms with Crippen molar-refractivity contribution >= 4 is 27.5 Å². The minimum atomic E-state index is -1.33. The standard InChI is InChI=1S/C13H10N2O5S/c1-6-4-7(14-20-6)5-15-8-2-3-21-11(8)9(13(18)19)10(16)12(15)17/h2-4,16H,5H2,1H3,(H,18,19). The lowest BCUT2D eigenvalue weighted by atomic mass is 10.2. The molecular formula is C13H10N2O5S. The van der Waals surface area contributed by atoms with Gasteiger partial charge < -0.3 is 14.7 Å². The number of hydrogen-bond donors (Lipinski definition) is 2. The maximum atomic E-state index is 12.2. The summed E-state index contributed by atoms with van der Waals surface area (Å²) in [6.45, 7) is 1.82. The Labute approximate surface area is 121 Å². The number of aromatic carboxylic acids is 1. The summed E-state index contributed by atoms with van der Waals surface area (Å²) < 4.78 is 6.57. The zero-order valence-corrected chi connectivity index (χ0v) is 11.7. The molecule has 0 aromatic carbocycles. The maximum absolute atomic E-state index is 12.2. The molecule has 0 unspecified atom stereocenters. The first-order valence-corrected chi connectivity index (χ1v) is 6.85. The minimum Gasteiger partial charge on any atom is -0.502 e. The number of hydrogen-bond acceptors (Lipinski definition) is 6. The number of nitrogens with zero attached hydrogens (tertiary/aromatic N) is 2. The van der Waals surface area contributed by atoms with Gasteiger partial charge in [0.15, 0.2) is 5.75 Å². The van der Waals surface area contributed by atoms with Crippen LogP contribution in [0.25, 0.3) is 10.2 Å². The van der Waals surface area contributed by atoms with Crippen LogP contribution in [0.1, 0.15) is 21.8 Å². The number of rotatable bonds is 3. The summed E-state index contributed by atoms with van der Waals surface area (Å²) >= 11 is 1.15.